The second-order valence-electron chi connectivity index (χ2n) is 5.91. The molecule has 2 rings (SSSR count). The Morgan fingerprint density at radius 1 is 1.11 bits per heavy atom. The minimum absolute atomic E-state index is 0.331. The first-order chi connectivity index (χ1) is 9.07. The zero-order chi connectivity index (χ0) is 13.9. The summed E-state index contributed by atoms with van der Waals surface area (Å²) in [5.41, 5.74) is 5.69. The highest BCUT2D eigenvalue weighted by Crippen LogP contribution is 2.27. The van der Waals surface area contributed by atoms with Crippen LogP contribution in [0.5, 0.6) is 0 Å². The van der Waals surface area contributed by atoms with Crippen molar-refractivity contribution < 1.29 is 8.42 Å². The molecule has 6 heteroatoms. The standard InChI is InChI=1S/C13H27N3O2S/c1-2-4-12-6-8-16(10-12)19(17,18)15-7-3-5-13(9-14)11-15/h12-13H,2-11,14H2,1H3. The molecule has 0 aliphatic carbocycles. The first-order valence-electron chi connectivity index (χ1n) is 7.53. The maximum atomic E-state index is 12.6. The molecule has 2 heterocycles. The van der Waals surface area contributed by atoms with Gasteiger partial charge in [0.15, 0.2) is 0 Å². The van der Waals surface area contributed by atoms with E-state index in [2.05, 4.69) is 6.92 Å². The fourth-order valence-corrected chi connectivity index (χ4v) is 5.06. The van der Waals surface area contributed by atoms with Crippen molar-refractivity contribution in [3.8, 4) is 0 Å². The Kier molecular flexibility index (Phi) is 5.22. The second kappa shape index (κ2) is 6.52. The molecule has 2 atom stereocenters. The number of hydrogen-bond donors (Lipinski definition) is 1. The average Bonchev–Trinajstić information content (AvgIpc) is 2.88. The average molecular weight is 289 g/mol. The van der Waals surface area contributed by atoms with Crippen LogP contribution in [0.1, 0.15) is 39.0 Å². The van der Waals surface area contributed by atoms with Crippen LogP contribution in [0.15, 0.2) is 0 Å². The lowest BCUT2D eigenvalue weighted by molar-refractivity contribution is 0.254. The molecule has 0 aromatic heterocycles. The summed E-state index contributed by atoms with van der Waals surface area (Å²) in [6, 6.07) is 0. The maximum absolute atomic E-state index is 12.6. The predicted molar refractivity (Wildman–Crippen MR) is 76.9 cm³/mol. The molecule has 5 nitrogen and oxygen atoms in total. The summed E-state index contributed by atoms with van der Waals surface area (Å²) in [4.78, 5) is 0. The van der Waals surface area contributed by atoms with Crippen LogP contribution in [-0.2, 0) is 10.2 Å². The monoisotopic (exact) mass is 289 g/mol. The molecule has 2 aliphatic rings. The number of rotatable bonds is 5. The van der Waals surface area contributed by atoms with Gasteiger partial charge in [0.25, 0.3) is 10.2 Å². The van der Waals surface area contributed by atoms with Gasteiger partial charge < -0.3 is 5.73 Å². The molecular weight excluding hydrogens is 262 g/mol. The zero-order valence-corrected chi connectivity index (χ0v) is 12.7. The Bertz CT molecular complexity index is 385. The van der Waals surface area contributed by atoms with Gasteiger partial charge >= 0.3 is 0 Å². The van der Waals surface area contributed by atoms with E-state index in [1.165, 1.54) is 0 Å². The Balaban J connectivity index is 1.98. The van der Waals surface area contributed by atoms with Crippen LogP contribution in [0.3, 0.4) is 0 Å². The van der Waals surface area contributed by atoms with Crippen LogP contribution in [0, 0.1) is 11.8 Å². The molecule has 0 saturated carbocycles. The number of hydrogen-bond acceptors (Lipinski definition) is 3. The quantitative estimate of drug-likeness (QED) is 0.822. The Morgan fingerprint density at radius 2 is 1.79 bits per heavy atom. The second-order valence-corrected chi connectivity index (χ2v) is 7.84. The van der Waals surface area contributed by atoms with E-state index in [1.54, 1.807) is 8.61 Å². The van der Waals surface area contributed by atoms with Crippen LogP contribution < -0.4 is 5.73 Å². The van der Waals surface area contributed by atoms with Gasteiger partial charge in [-0.3, -0.25) is 0 Å². The van der Waals surface area contributed by atoms with Crippen molar-refractivity contribution in [2.45, 2.75) is 39.0 Å². The topological polar surface area (TPSA) is 66.6 Å². The molecule has 0 spiro atoms. The molecule has 112 valence electrons. The fraction of sp³-hybridized carbons (Fsp3) is 1.00. The summed E-state index contributed by atoms with van der Waals surface area (Å²) in [6.07, 6.45) is 5.28. The fourth-order valence-electron chi connectivity index (χ4n) is 3.24. The van der Waals surface area contributed by atoms with Crippen molar-refractivity contribution in [3.05, 3.63) is 0 Å². The molecule has 0 amide bonds. The van der Waals surface area contributed by atoms with Crippen molar-refractivity contribution in [2.75, 3.05) is 32.7 Å². The van der Waals surface area contributed by atoms with Gasteiger partial charge in [0.1, 0.15) is 0 Å². The van der Waals surface area contributed by atoms with Gasteiger partial charge in [0.05, 0.1) is 0 Å². The van der Waals surface area contributed by atoms with Gasteiger partial charge in [-0.1, -0.05) is 13.3 Å². The number of nitrogens with two attached hydrogens (primary N) is 1. The van der Waals surface area contributed by atoms with Gasteiger partial charge in [0.2, 0.25) is 0 Å². The summed E-state index contributed by atoms with van der Waals surface area (Å²) >= 11 is 0. The third kappa shape index (κ3) is 3.48. The molecule has 0 bridgehead atoms. The lowest BCUT2D eigenvalue weighted by atomic mass is 10.0. The largest absolute Gasteiger partial charge is 0.330 e. The van der Waals surface area contributed by atoms with Gasteiger partial charge in [-0.05, 0) is 44.1 Å². The Labute approximate surface area is 117 Å². The van der Waals surface area contributed by atoms with Crippen molar-refractivity contribution in [3.63, 3.8) is 0 Å². The SMILES string of the molecule is CCCC1CCN(S(=O)(=O)N2CCCC(CN)C2)C1. The van der Waals surface area contributed by atoms with Gasteiger partial charge in [-0.2, -0.15) is 17.0 Å². The van der Waals surface area contributed by atoms with E-state index in [9.17, 15) is 8.42 Å². The van der Waals surface area contributed by atoms with E-state index >= 15 is 0 Å². The molecule has 0 aromatic carbocycles. The van der Waals surface area contributed by atoms with Crippen molar-refractivity contribution in [1.82, 2.24) is 8.61 Å². The normalized spacial score (nSPS) is 30.8. The molecule has 0 aromatic rings. The molecule has 2 saturated heterocycles. The molecular formula is C13H27N3O2S. The van der Waals surface area contributed by atoms with Crippen molar-refractivity contribution in [2.24, 2.45) is 17.6 Å². The molecule has 19 heavy (non-hydrogen) atoms. The van der Waals surface area contributed by atoms with Gasteiger partial charge in [-0.25, -0.2) is 0 Å². The lowest BCUT2D eigenvalue weighted by Gasteiger charge is -2.34. The van der Waals surface area contributed by atoms with Crippen LogP contribution in [-0.4, -0.2) is 49.8 Å². The van der Waals surface area contributed by atoms with Crippen LogP contribution >= 0.6 is 0 Å². The van der Waals surface area contributed by atoms with Gasteiger partial charge in [-0.15, -0.1) is 0 Å². The zero-order valence-electron chi connectivity index (χ0n) is 11.9. The predicted octanol–water partition coefficient (Wildman–Crippen LogP) is 1.02. The first-order valence-corrected chi connectivity index (χ1v) is 8.93. The van der Waals surface area contributed by atoms with Crippen molar-refractivity contribution in [1.29, 1.82) is 0 Å². The van der Waals surface area contributed by atoms with Crippen LogP contribution in [0.4, 0.5) is 0 Å². The van der Waals surface area contributed by atoms with Crippen LogP contribution in [0.2, 0.25) is 0 Å². The summed E-state index contributed by atoms with van der Waals surface area (Å²) in [5.74, 6) is 0.882. The lowest BCUT2D eigenvalue weighted by Crippen LogP contribution is -2.48. The third-order valence-electron chi connectivity index (χ3n) is 4.41. The van der Waals surface area contributed by atoms with E-state index < -0.39 is 10.2 Å². The van der Waals surface area contributed by atoms with E-state index in [-0.39, 0.29) is 0 Å². The number of piperidine rings is 1. The summed E-state index contributed by atoms with van der Waals surface area (Å²) in [5, 5.41) is 0. The smallest absolute Gasteiger partial charge is 0.281 e. The molecule has 2 fully saturated rings. The van der Waals surface area contributed by atoms with Crippen LogP contribution in [0.25, 0.3) is 0 Å². The summed E-state index contributed by atoms with van der Waals surface area (Å²) < 4.78 is 28.6. The van der Waals surface area contributed by atoms with E-state index in [4.69, 9.17) is 5.73 Å². The highest BCUT2D eigenvalue weighted by Gasteiger charge is 2.37. The van der Waals surface area contributed by atoms with E-state index in [1.807, 2.05) is 0 Å². The summed E-state index contributed by atoms with van der Waals surface area (Å²) in [7, 11) is -3.24. The molecule has 2 N–H and O–H groups in total. The maximum Gasteiger partial charge on any atom is 0.281 e. The van der Waals surface area contributed by atoms with E-state index in [0.29, 0.717) is 44.6 Å². The summed E-state index contributed by atoms with van der Waals surface area (Å²) in [6.45, 7) is 5.41. The highest BCUT2D eigenvalue weighted by atomic mass is 32.2. The minimum Gasteiger partial charge on any atom is -0.330 e. The molecule has 0 radical (unpaired) electrons. The highest BCUT2D eigenvalue weighted by molar-refractivity contribution is 7.86. The molecule has 2 aliphatic heterocycles. The Morgan fingerprint density at radius 3 is 2.47 bits per heavy atom. The minimum atomic E-state index is -3.24. The van der Waals surface area contributed by atoms with E-state index in [0.717, 1.165) is 32.1 Å². The first kappa shape index (κ1) is 15.2. The van der Waals surface area contributed by atoms with Gasteiger partial charge in [0, 0.05) is 26.2 Å². The number of nitrogens with zero attached hydrogens (tertiary/aromatic N) is 2. The molecule has 2 unspecified atom stereocenters. The Hall–Kier alpha value is -0.170. The van der Waals surface area contributed by atoms with Crippen molar-refractivity contribution >= 4 is 10.2 Å². The third-order valence-corrected chi connectivity index (χ3v) is 6.38.